The van der Waals surface area contributed by atoms with Crippen LogP contribution >= 0.6 is 0 Å². The summed E-state index contributed by atoms with van der Waals surface area (Å²) >= 11 is 0. The van der Waals surface area contributed by atoms with Gasteiger partial charge in [0.15, 0.2) is 0 Å². The molecule has 0 spiro atoms. The molecule has 1 N–H and O–H groups in total. The van der Waals surface area contributed by atoms with Crippen LogP contribution in [0.15, 0.2) is 0 Å². The van der Waals surface area contributed by atoms with Crippen molar-refractivity contribution in [1.29, 1.82) is 0 Å². The van der Waals surface area contributed by atoms with Crippen LogP contribution in [0.25, 0.3) is 0 Å². The first kappa shape index (κ1) is 15.3. The van der Waals surface area contributed by atoms with Gasteiger partial charge >= 0.3 is 12.1 Å². The molecule has 6 heteroatoms. The highest BCUT2D eigenvalue weighted by molar-refractivity contribution is 5.75. The maximum Gasteiger partial charge on any atom is 0.391 e. The Morgan fingerprint density at radius 1 is 1.33 bits per heavy atom. The first-order valence-corrected chi connectivity index (χ1v) is 6.34. The average molecular weight is 267 g/mol. The lowest BCUT2D eigenvalue weighted by Crippen LogP contribution is -2.45. The smallest absolute Gasteiger partial charge is 0.391 e. The van der Waals surface area contributed by atoms with Crippen molar-refractivity contribution < 1.29 is 22.7 Å². The number of nitrogens with one attached hydrogen (secondary N) is 1. The Labute approximate surface area is 105 Å². The molecular weight excluding hydrogens is 247 g/mol. The molecule has 106 valence electrons. The number of rotatable bonds is 4. The Bertz CT molecular complexity index is 273. The Morgan fingerprint density at radius 2 is 1.89 bits per heavy atom. The maximum absolute atomic E-state index is 12.5. The second kappa shape index (κ2) is 6.41. The third-order valence-electron chi connectivity index (χ3n) is 3.32. The highest BCUT2D eigenvalue weighted by Gasteiger charge is 2.41. The molecule has 1 aliphatic rings. The van der Waals surface area contributed by atoms with E-state index in [0.29, 0.717) is 19.4 Å². The van der Waals surface area contributed by atoms with Crippen molar-refractivity contribution in [3.8, 4) is 0 Å². The van der Waals surface area contributed by atoms with Crippen LogP contribution in [0, 0.1) is 5.92 Å². The van der Waals surface area contributed by atoms with E-state index >= 15 is 0 Å². The van der Waals surface area contributed by atoms with Gasteiger partial charge in [0.25, 0.3) is 0 Å². The number of halogens is 3. The molecule has 18 heavy (non-hydrogen) atoms. The van der Waals surface area contributed by atoms with Gasteiger partial charge in [0.2, 0.25) is 0 Å². The maximum atomic E-state index is 12.5. The summed E-state index contributed by atoms with van der Waals surface area (Å²) in [6.07, 6.45) is -2.91. The lowest BCUT2D eigenvalue weighted by atomic mass is 9.85. The quantitative estimate of drug-likeness (QED) is 0.796. The fraction of sp³-hybridized carbons (Fsp3) is 0.917. The molecule has 0 aromatic carbocycles. The van der Waals surface area contributed by atoms with Gasteiger partial charge in [-0.2, -0.15) is 13.2 Å². The molecule has 0 aromatic heterocycles. The zero-order chi connectivity index (χ0) is 13.8. The second-order valence-corrected chi connectivity index (χ2v) is 4.73. The van der Waals surface area contributed by atoms with E-state index in [2.05, 4.69) is 5.32 Å². The van der Waals surface area contributed by atoms with Crippen LogP contribution in [-0.2, 0) is 9.53 Å². The largest absolute Gasteiger partial charge is 0.465 e. The van der Waals surface area contributed by atoms with E-state index < -0.39 is 18.1 Å². The van der Waals surface area contributed by atoms with Gasteiger partial charge in [-0.15, -0.1) is 0 Å². The van der Waals surface area contributed by atoms with Crippen molar-refractivity contribution in [2.45, 2.75) is 57.8 Å². The average Bonchev–Trinajstić information content (AvgIpc) is 2.28. The van der Waals surface area contributed by atoms with Gasteiger partial charge in [-0.05, 0) is 39.5 Å². The molecule has 1 unspecified atom stereocenters. The van der Waals surface area contributed by atoms with Crippen LogP contribution in [0.2, 0.25) is 0 Å². The molecule has 0 amide bonds. The molecule has 0 radical (unpaired) electrons. The first-order chi connectivity index (χ1) is 8.34. The van der Waals surface area contributed by atoms with Crippen LogP contribution in [0.3, 0.4) is 0 Å². The third-order valence-corrected chi connectivity index (χ3v) is 3.32. The summed E-state index contributed by atoms with van der Waals surface area (Å²) in [5.41, 5.74) is 0. The van der Waals surface area contributed by atoms with Crippen molar-refractivity contribution in [2.75, 3.05) is 6.61 Å². The van der Waals surface area contributed by atoms with Crippen LogP contribution < -0.4 is 5.32 Å². The Hall–Kier alpha value is -0.780. The van der Waals surface area contributed by atoms with E-state index in [1.807, 2.05) is 0 Å². The van der Waals surface area contributed by atoms with Gasteiger partial charge in [-0.1, -0.05) is 0 Å². The normalized spacial score (nSPS) is 26.7. The molecule has 1 aliphatic carbocycles. The fourth-order valence-corrected chi connectivity index (χ4v) is 2.28. The van der Waals surface area contributed by atoms with E-state index in [0.717, 1.165) is 0 Å². The number of carbonyl (C=O) groups excluding carboxylic acids is 1. The predicted octanol–water partition coefficient (Wildman–Crippen LogP) is 2.65. The summed E-state index contributed by atoms with van der Waals surface area (Å²) < 4.78 is 42.2. The Balaban J connectivity index is 2.33. The van der Waals surface area contributed by atoms with Crippen LogP contribution in [0.4, 0.5) is 13.2 Å². The summed E-state index contributed by atoms with van der Waals surface area (Å²) in [5.74, 6) is -1.54. The number of esters is 1. The highest BCUT2D eigenvalue weighted by atomic mass is 19.4. The molecule has 1 saturated carbocycles. The number of carbonyl (C=O) groups is 1. The molecule has 0 aromatic rings. The summed E-state index contributed by atoms with van der Waals surface area (Å²) in [5, 5.41) is 3.03. The third kappa shape index (κ3) is 4.48. The standard InChI is InChI=1S/C12H20F3NO2/c1-3-18-11(17)8(2)16-10-6-4-9(5-7-10)12(13,14)15/h8-10,16H,3-7H2,1-2H3. The van der Waals surface area contributed by atoms with Gasteiger partial charge < -0.3 is 10.1 Å². The van der Waals surface area contributed by atoms with Crippen molar-refractivity contribution in [3.63, 3.8) is 0 Å². The minimum Gasteiger partial charge on any atom is -0.465 e. The van der Waals surface area contributed by atoms with E-state index in [-0.39, 0.29) is 24.9 Å². The number of hydrogen-bond donors (Lipinski definition) is 1. The summed E-state index contributed by atoms with van der Waals surface area (Å²) in [7, 11) is 0. The van der Waals surface area contributed by atoms with E-state index in [4.69, 9.17) is 4.74 Å². The molecule has 0 bridgehead atoms. The molecular formula is C12H20F3NO2. The van der Waals surface area contributed by atoms with Crippen LogP contribution in [0.5, 0.6) is 0 Å². The predicted molar refractivity (Wildman–Crippen MR) is 61.0 cm³/mol. The topological polar surface area (TPSA) is 38.3 Å². The molecule has 0 saturated heterocycles. The van der Waals surface area contributed by atoms with E-state index in [9.17, 15) is 18.0 Å². The second-order valence-electron chi connectivity index (χ2n) is 4.73. The molecule has 3 nitrogen and oxygen atoms in total. The zero-order valence-corrected chi connectivity index (χ0v) is 10.7. The Kier molecular flexibility index (Phi) is 5.44. The molecule has 0 aliphatic heterocycles. The molecule has 1 fully saturated rings. The van der Waals surface area contributed by atoms with E-state index in [1.54, 1.807) is 13.8 Å². The first-order valence-electron chi connectivity index (χ1n) is 6.34. The minimum atomic E-state index is -4.09. The van der Waals surface area contributed by atoms with Crippen molar-refractivity contribution >= 4 is 5.97 Å². The number of hydrogen-bond acceptors (Lipinski definition) is 3. The minimum absolute atomic E-state index is 0.0250. The van der Waals surface area contributed by atoms with Crippen molar-refractivity contribution in [1.82, 2.24) is 5.32 Å². The lowest BCUT2D eigenvalue weighted by Gasteiger charge is -2.31. The number of ether oxygens (including phenoxy) is 1. The molecule has 1 atom stereocenters. The summed E-state index contributed by atoms with van der Waals surface area (Å²) in [6.45, 7) is 3.71. The van der Waals surface area contributed by atoms with Gasteiger partial charge in [0.05, 0.1) is 12.5 Å². The monoisotopic (exact) mass is 267 g/mol. The number of alkyl halides is 3. The molecule has 1 rings (SSSR count). The van der Waals surface area contributed by atoms with E-state index in [1.165, 1.54) is 0 Å². The van der Waals surface area contributed by atoms with Gasteiger partial charge in [0, 0.05) is 6.04 Å². The lowest BCUT2D eigenvalue weighted by molar-refractivity contribution is -0.183. The Morgan fingerprint density at radius 3 is 2.33 bits per heavy atom. The molecule has 0 heterocycles. The fourth-order valence-electron chi connectivity index (χ4n) is 2.28. The summed E-state index contributed by atoms with van der Waals surface area (Å²) in [4.78, 5) is 11.4. The van der Waals surface area contributed by atoms with Crippen LogP contribution in [0.1, 0.15) is 39.5 Å². The van der Waals surface area contributed by atoms with Crippen molar-refractivity contribution in [3.05, 3.63) is 0 Å². The summed E-state index contributed by atoms with van der Waals surface area (Å²) in [6, 6.07) is -0.486. The van der Waals surface area contributed by atoms with Gasteiger partial charge in [-0.3, -0.25) is 4.79 Å². The van der Waals surface area contributed by atoms with Crippen molar-refractivity contribution in [2.24, 2.45) is 5.92 Å². The SMILES string of the molecule is CCOC(=O)C(C)NC1CCC(C(F)(F)F)CC1. The van der Waals surface area contributed by atoms with Gasteiger partial charge in [0.1, 0.15) is 6.04 Å². The van der Waals surface area contributed by atoms with Gasteiger partial charge in [-0.25, -0.2) is 0 Å². The van der Waals surface area contributed by atoms with Crippen LogP contribution in [-0.4, -0.2) is 30.8 Å². The highest BCUT2D eigenvalue weighted by Crippen LogP contribution is 2.37. The zero-order valence-electron chi connectivity index (χ0n) is 10.7.